The van der Waals surface area contributed by atoms with Crippen molar-refractivity contribution in [3.63, 3.8) is 0 Å². The zero-order chi connectivity index (χ0) is 23.8. The SMILES string of the molecule is CCCC[C@@H](C)NC(Cc1ccccc1)CN(CCc1ccc(O)c2[nH]c(=O)sc12)C(=O)O. The van der Waals surface area contributed by atoms with Crippen molar-refractivity contribution in [2.75, 3.05) is 13.1 Å². The van der Waals surface area contributed by atoms with Crippen molar-refractivity contribution in [3.05, 3.63) is 63.3 Å². The summed E-state index contributed by atoms with van der Waals surface area (Å²) in [6.07, 6.45) is 3.54. The van der Waals surface area contributed by atoms with Crippen LogP contribution in [0.1, 0.15) is 44.2 Å². The Morgan fingerprint density at radius 2 is 1.97 bits per heavy atom. The number of phenols is 1. The molecule has 0 aliphatic rings. The van der Waals surface area contributed by atoms with Crippen LogP contribution in [0.15, 0.2) is 47.3 Å². The quantitative estimate of drug-likeness (QED) is 0.309. The van der Waals surface area contributed by atoms with Crippen LogP contribution in [0.4, 0.5) is 4.79 Å². The van der Waals surface area contributed by atoms with Crippen LogP contribution in [0.3, 0.4) is 0 Å². The smallest absolute Gasteiger partial charge is 0.407 e. The Bertz CT molecular complexity index is 1100. The fourth-order valence-electron chi connectivity index (χ4n) is 4.13. The largest absolute Gasteiger partial charge is 0.506 e. The van der Waals surface area contributed by atoms with E-state index in [9.17, 15) is 19.8 Å². The predicted molar refractivity (Wildman–Crippen MR) is 133 cm³/mol. The number of aromatic hydroxyl groups is 1. The van der Waals surface area contributed by atoms with Crippen LogP contribution in [0.25, 0.3) is 10.2 Å². The molecule has 7 nitrogen and oxygen atoms in total. The molecule has 0 radical (unpaired) electrons. The van der Waals surface area contributed by atoms with Gasteiger partial charge >= 0.3 is 11.0 Å². The first-order chi connectivity index (χ1) is 15.9. The third-order valence-corrected chi connectivity index (χ3v) is 6.80. The van der Waals surface area contributed by atoms with E-state index in [1.54, 1.807) is 12.1 Å². The summed E-state index contributed by atoms with van der Waals surface area (Å²) in [5.41, 5.74) is 2.43. The number of nitrogens with one attached hydrogen (secondary N) is 2. The van der Waals surface area contributed by atoms with E-state index in [1.165, 1.54) is 10.5 Å². The van der Waals surface area contributed by atoms with Crippen molar-refractivity contribution in [1.29, 1.82) is 0 Å². The summed E-state index contributed by atoms with van der Waals surface area (Å²) in [7, 11) is 0. The van der Waals surface area contributed by atoms with E-state index in [0.29, 0.717) is 35.8 Å². The fourth-order valence-corrected chi connectivity index (χ4v) is 5.02. The normalized spacial score (nSPS) is 13.2. The van der Waals surface area contributed by atoms with E-state index >= 15 is 0 Å². The van der Waals surface area contributed by atoms with Crippen molar-refractivity contribution >= 4 is 27.6 Å². The number of benzene rings is 2. The van der Waals surface area contributed by atoms with Gasteiger partial charge in [0.05, 0.1) is 4.70 Å². The van der Waals surface area contributed by atoms with E-state index in [0.717, 1.165) is 42.6 Å². The van der Waals surface area contributed by atoms with Gasteiger partial charge in [-0.2, -0.15) is 0 Å². The van der Waals surface area contributed by atoms with Gasteiger partial charge < -0.3 is 25.4 Å². The molecule has 0 fully saturated rings. The number of carboxylic acid groups (broad SMARTS) is 1. The van der Waals surface area contributed by atoms with Gasteiger partial charge in [0, 0.05) is 25.2 Å². The lowest BCUT2D eigenvalue weighted by Crippen LogP contribution is -2.48. The Labute approximate surface area is 198 Å². The number of unbranched alkanes of at least 4 members (excludes halogenated alkanes) is 1. The molecule has 33 heavy (non-hydrogen) atoms. The highest BCUT2D eigenvalue weighted by molar-refractivity contribution is 7.16. The number of phenolic OH excluding ortho intramolecular Hbond substituents is 1. The maximum atomic E-state index is 12.1. The molecular formula is C25H33N3O4S. The average Bonchev–Trinajstić information content (AvgIpc) is 3.19. The fraction of sp³-hybridized carbons (Fsp3) is 0.440. The number of carbonyl (C=O) groups is 1. The number of amides is 1. The van der Waals surface area contributed by atoms with Gasteiger partial charge in [0.15, 0.2) is 0 Å². The number of nitrogens with zero attached hydrogens (tertiary/aromatic N) is 1. The highest BCUT2D eigenvalue weighted by atomic mass is 32.1. The van der Waals surface area contributed by atoms with Crippen molar-refractivity contribution < 1.29 is 15.0 Å². The Hall–Kier alpha value is -2.84. The minimum atomic E-state index is -0.964. The second-order valence-corrected chi connectivity index (χ2v) is 9.52. The molecule has 2 atom stereocenters. The molecule has 3 aromatic rings. The average molecular weight is 472 g/mol. The third-order valence-electron chi connectivity index (χ3n) is 5.84. The highest BCUT2D eigenvalue weighted by Gasteiger charge is 2.21. The van der Waals surface area contributed by atoms with E-state index in [1.807, 2.05) is 18.2 Å². The van der Waals surface area contributed by atoms with Gasteiger partial charge in [-0.05, 0) is 43.4 Å². The van der Waals surface area contributed by atoms with E-state index in [2.05, 4.69) is 36.3 Å². The molecule has 4 N–H and O–H groups in total. The third kappa shape index (κ3) is 7.07. The zero-order valence-electron chi connectivity index (χ0n) is 19.2. The number of rotatable bonds is 12. The summed E-state index contributed by atoms with van der Waals surface area (Å²) in [6.45, 7) is 4.99. The maximum absolute atomic E-state index is 12.1. The van der Waals surface area contributed by atoms with Crippen LogP contribution in [0.5, 0.6) is 5.75 Å². The molecule has 1 amide bonds. The zero-order valence-corrected chi connectivity index (χ0v) is 20.0. The summed E-state index contributed by atoms with van der Waals surface area (Å²) in [6, 6.07) is 13.7. The topological polar surface area (TPSA) is 106 Å². The molecule has 0 aliphatic carbocycles. The van der Waals surface area contributed by atoms with Crippen LogP contribution in [-0.4, -0.2) is 51.4 Å². The minimum Gasteiger partial charge on any atom is -0.506 e. The molecule has 8 heteroatoms. The molecule has 2 aromatic carbocycles. The molecule has 0 aliphatic heterocycles. The van der Waals surface area contributed by atoms with E-state index in [4.69, 9.17) is 0 Å². The Kier molecular flexibility index (Phi) is 8.91. The first kappa shape index (κ1) is 24.8. The first-order valence-electron chi connectivity index (χ1n) is 11.5. The monoisotopic (exact) mass is 471 g/mol. The molecule has 0 saturated carbocycles. The molecule has 178 valence electrons. The highest BCUT2D eigenvalue weighted by Crippen LogP contribution is 2.28. The lowest BCUT2D eigenvalue weighted by molar-refractivity contribution is 0.139. The Morgan fingerprint density at radius 1 is 1.21 bits per heavy atom. The van der Waals surface area contributed by atoms with Crippen molar-refractivity contribution in [2.45, 2.75) is 58.0 Å². The lowest BCUT2D eigenvalue weighted by atomic mass is 10.0. The molecule has 1 aromatic heterocycles. The molecule has 0 bridgehead atoms. The number of thiazole rings is 1. The summed E-state index contributed by atoms with van der Waals surface area (Å²) in [4.78, 5) is 27.7. The number of hydrogen-bond acceptors (Lipinski definition) is 5. The van der Waals surface area contributed by atoms with Crippen molar-refractivity contribution in [1.82, 2.24) is 15.2 Å². The van der Waals surface area contributed by atoms with E-state index < -0.39 is 6.09 Å². The predicted octanol–water partition coefficient (Wildman–Crippen LogP) is 4.60. The van der Waals surface area contributed by atoms with Crippen LogP contribution in [-0.2, 0) is 12.8 Å². The molecule has 3 rings (SSSR count). The van der Waals surface area contributed by atoms with Gasteiger partial charge in [-0.1, -0.05) is 67.5 Å². The molecule has 0 saturated heterocycles. The van der Waals surface area contributed by atoms with Gasteiger partial charge in [0.25, 0.3) is 0 Å². The second-order valence-electron chi connectivity index (χ2n) is 8.54. The second kappa shape index (κ2) is 11.9. The van der Waals surface area contributed by atoms with Crippen molar-refractivity contribution in [2.24, 2.45) is 0 Å². The molecule has 0 spiro atoms. The molecule has 1 heterocycles. The standard InChI is InChI=1S/C25H33N3O4S/c1-3-4-8-17(2)26-20(15-18-9-6-5-7-10-18)16-28(25(31)32)14-13-19-11-12-21(29)22-23(19)33-24(30)27-22/h5-7,9-12,17,20,26,29H,3-4,8,13-16H2,1-2H3,(H,27,30)(H,31,32)/t17-,20?/m1/s1. The van der Waals surface area contributed by atoms with Gasteiger partial charge in [-0.25, -0.2) is 4.79 Å². The summed E-state index contributed by atoms with van der Waals surface area (Å²) in [5.74, 6) is 0.0235. The van der Waals surface area contributed by atoms with Gasteiger partial charge in [-0.15, -0.1) is 0 Å². The van der Waals surface area contributed by atoms with Crippen LogP contribution >= 0.6 is 11.3 Å². The van der Waals surface area contributed by atoms with Gasteiger partial charge in [0.1, 0.15) is 11.3 Å². The first-order valence-corrected chi connectivity index (χ1v) is 12.3. The number of H-pyrrole nitrogens is 1. The summed E-state index contributed by atoms with van der Waals surface area (Å²) in [5, 5.41) is 23.6. The number of fused-ring (bicyclic) bond motifs is 1. The van der Waals surface area contributed by atoms with Gasteiger partial charge in [-0.3, -0.25) is 4.79 Å². The Balaban J connectivity index is 1.73. The number of aromatic nitrogens is 1. The van der Waals surface area contributed by atoms with Crippen LogP contribution in [0, 0.1) is 0 Å². The lowest BCUT2D eigenvalue weighted by Gasteiger charge is -2.29. The van der Waals surface area contributed by atoms with Crippen LogP contribution < -0.4 is 10.2 Å². The van der Waals surface area contributed by atoms with E-state index in [-0.39, 0.29) is 16.7 Å². The number of hydrogen-bond donors (Lipinski definition) is 4. The summed E-state index contributed by atoms with van der Waals surface area (Å²) < 4.78 is 0.678. The minimum absolute atomic E-state index is 0.0153. The van der Waals surface area contributed by atoms with Crippen LogP contribution in [0.2, 0.25) is 0 Å². The van der Waals surface area contributed by atoms with Gasteiger partial charge in [0.2, 0.25) is 0 Å². The molecule has 1 unspecified atom stereocenters. The summed E-state index contributed by atoms with van der Waals surface area (Å²) >= 11 is 1.04. The maximum Gasteiger partial charge on any atom is 0.407 e. The Morgan fingerprint density at radius 3 is 2.67 bits per heavy atom. The molecular weight excluding hydrogens is 438 g/mol. The number of aromatic amines is 1. The van der Waals surface area contributed by atoms with Crippen molar-refractivity contribution in [3.8, 4) is 5.75 Å².